The van der Waals surface area contributed by atoms with E-state index in [2.05, 4.69) is 63.9 Å². The minimum Gasteiger partial charge on any atom is -0.364 e. The average molecular weight is 436 g/mol. The first-order chi connectivity index (χ1) is 14.8. The van der Waals surface area contributed by atoms with Crippen molar-refractivity contribution >= 4 is 34.7 Å². The molecule has 1 aliphatic carbocycles. The summed E-state index contributed by atoms with van der Waals surface area (Å²) in [7, 11) is 0. The van der Waals surface area contributed by atoms with Crippen LogP contribution in [-0.4, -0.2) is 31.2 Å². The molecule has 2 heterocycles. The Bertz CT molecular complexity index is 1220. The summed E-state index contributed by atoms with van der Waals surface area (Å²) in [6, 6.07) is 8.02. The minimum atomic E-state index is -0.105. The fourth-order valence-electron chi connectivity index (χ4n) is 2.98. The molecule has 0 radical (unpaired) electrons. The highest BCUT2D eigenvalue weighted by molar-refractivity contribution is 6.34. The Morgan fingerprint density at radius 2 is 2.00 bits per heavy atom. The standard InChI is InChI=1S/C21H22ClN9/c1-21(2,3)26-10-13-6-12(8-23)7-16(17(13)22)28-20-29-18(27-14-4-5-14)19-25-11-15(9-24)31(19)30-20/h6-7,11,14,26H,4-5,10H2,1-3H3,(H2,27,28,29,30). The molecule has 0 amide bonds. The lowest BCUT2D eigenvalue weighted by molar-refractivity contribution is 0.424. The number of nitriles is 2. The number of nitrogens with one attached hydrogen (secondary N) is 3. The van der Waals surface area contributed by atoms with Crippen LogP contribution in [0.3, 0.4) is 0 Å². The molecule has 0 unspecified atom stereocenters. The van der Waals surface area contributed by atoms with E-state index in [4.69, 9.17) is 11.6 Å². The summed E-state index contributed by atoms with van der Waals surface area (Å²) in [5.74, 6) is 0.792. The Labute approximate surface area is 185 Å². The van der Waals surface area contributed by atoms with Gasteiger partial charge in [0.1, 0.15) is 6.07 Å². The Balaban J connectivity index is 1.73. The van der Waals surface area contributed by atoms with E-state index in [1.54, 1.807) is 12.1 Å². The fraction of sp³-hybridized carbons (Fsp3) is 0.381. The van der Waals surface area contributed by atoms with Crippen LogP contribution in [0.1, 0.15) is 50.4 Å². The van der Waals surface area contributed by atoms with Crippen LogP contribution >= 0.6 is 11.6 Å². The summed E-state index contributed by atoms with van der Waals surface area (Å²) in [4.78, 5) is 8.82. The van der Waals surface area contributed by atoms with E-state index >= 15 is 0 Å². The van der Waals surface area contributed by atoms with E-state index in [-0.39, 0.29) is 11.5 Å². The highest BCUT2D eigenvalue weighted by atomic mass is 35.5. The maximum atomic E-state index is 9.47. The van der Waals surface area contributed by atoms with Crippen LogP contribution in [0.4, 0.5) is 17.5 Å². The van der Waals surface area contributed by atoms with Crippen molar-refractivity contribution in [1.29, 1.82) is 10.5 Å². The second kappa shape index (κ2) is 8.03. The zero-order valence-electron chi connectivity index (χ0n) is 17.5. The van der Waals surface area contributed by atoms with Gasteiger partial charge in [-0.2, -0.15) is 20.0 Å². The van der Waals surface area contributed by atoms with Crippen molar-refractivity contribution in [2.75, 3.05) is 10.6 Å². The van der Waals surface area contributed by atoms with E-state index in [0.29, 0.717) is 46.0 Å². The lowest BCUT2D eigenvalue weighted by Gasteiger charge is -2.21. The molecule has 3 aromatic rings. The normalized spacial score (nSPS) is 13.6. The lowest BCUT2D eigenvalue weighted by Crippen LogP contribution is -2.35. The zero-order valence-corrected chi connectivity index (χ0v) is 18.2. The van der Waals surface area contributed by atoms with Crippen LogP contribution in [-0.2, 0) is 6.54 Å². The highest BCUT2D eigenvalue weighted by Gasteiger charge is 2.24. The van der Waals surface area contributed by atoms with Gasteiger partial charge in [-0.05, 0) is 51.3 Å². The summed E-state index contributed by atoms with van der Waals surface area (Å²) in [5, 5.41) is 33.6. The smallest absolute Gasteiger partial charge is 0.247 e. The summed E-state index contributed by atoms with van der Waals surface area (Å²) >= 11 is 6.65. The molecule has 10 heteroatoms. The van der Waals surface area contributed by atoms with Crippen molar-refractivity contribution in [3.05, 3.63) is 40.2 Å². The second-order valence-corrected chi connectivity index (χ2v) is 8.91. The first-order valence-electron chi connectivity index (χ1n) is 9.94. The third-order valence-electron chi connectivity index (χ3n) is 4.73. The third kappa shape index (κ3) is 4.69. The average Bonchev–Trinajstić information content (AvgIpc) is 3.44. The zero-order chi connectivity index (χ0) is 22.2. The molecule has 3 N–H and O–H groups in total. The largest absolute Gasteiger partial charge is 0.364 e. The van der Waals surface area contributed by atoms with Crippen molar-refractivity contribution < 1.29 is 0 Å². The summed E-state index contributed by atoms with van der Waals surface area (Å²) in [6.45, 7) is 6.68. The third-order valence-corrected chi connectivity index (χ3v) is 5.17. The van der Waals surface area contributed by atoms with Crippen LogP contribution in [0.25, 0.3) is 5.65 Å². The van der Waals surface area contributed by atoms with Crippen molar-refractivity contribution in [3.8, 4) is 12.1 Å². The molecule has 0 atom stereocenters. The summed E-state index contributed by atoms with van der Waals surface area (Å²) in [5.41, 5.74) is 2.45. The van der Waals surface area contributed by atoms with E-state index in [0.717, 1.165) is 18.4 Å². The molecule has 0 bridgehead atoms. The molecule has 2 aromatic heterocycles. The number of fused-ring (bicyclic) bond motifs is 1. The molecule has 0 aliphatic heterocycles. The van der Waals surface area contributed by atoms with Crippen molar-refractivity contribution in [2.45, 2.75) is 51.7 Å². The molecule has 9 nitrogen and oxygen atoms in total. The van der Waals surface area contributed by atoms with Gasteiger partial charge in [-0.15, -0.1) is 5.10 Å². The van der Waals surface area contributed by atoms with Gasteiger partial charge in [0.25, 0.3) is 0 Å². The minimum absolute atomic E-state index is 0.105. The number of halogens is 1. The van der Waals surface area contributed by atoms with Gasteiger partial charge < -0.3 is 16.0 Å². The van der Waals surface area contributed by atoms with Crippen LogP contribution in [0.15, 0.2) is 18.3 Å². The van der Waals surface area contributed by atoms with Gasteiger partial charge in [-0.3, -0.25) is 0 Å². The predicted octanol–water partition coefficient (Wildman–Crippen LogP) is 3.73. The quantitative estimate of drug-likeness (QED) is 0.534. The second-order valence-electron chi connectivity index (χ2n) is 8.53. The van der Waals surface area contributed by atoms with Gasteiger partial charge in [0, 0.05) is 18.1 Å². The Morgan fingerprint density at radius 1 is 1.23 bits per heavy atom. The van der Waals surface area contributed by atoms with E-state index in [9.17, 15) is 10.5 Å². The van der Waals surface area contributed by atoms with Gasteiger partial charge in [0.15, 0.2) is 17.2 Å². The van der Waals surface area contributed by atoms with Gasteiger partial charge in [0.05, 0.1) is 28.5 Å². The summed E-state index contributed by atoms with van der Waals surface area (Å²) < 4.78 is 1.45. The molecule has 0 saturated heterocycles. The predicted molar refractivity (Wildman–Crippen MR) is 118 cm³/mol. The molecule has 31 heavy (non-hydrogen) atoms. The monoisotopic (exact) mass is 435 g/mol. The maximum absolute atomic E-state index is 9.47. The Morgan fingerprint density at radius 3 is 2.65 bits per heavy atom. The molecule has 1 aliphatic rings. The lowest BCUT2D eigenvalue weighted by atomic mass is 10.1. The molecule has 4 rings (SSSR count). The Kier molecular flexibility index (Phi) is 5.40. The fourth-order valence-corrected chi connectivity index (χ4v) is 3.20. The number of aromatic nitrogens is 4. The van der Waals surface area contributed by atoms with Gasteiger partial charge in [-0.25, -0.2) is 4.98 Å². The number of rotatable bonds is 6. The van der Waals surface area contributed by atoms with Crippen LogP contribution in [0, 0.1) is 22.7 Å². The first kappa shape index (κ1) is 20.9. The molecule has 1 aromatic carbocycles. The van der Waals surface area contributed by atoms with Crippen LogP contribution in [0.2, 0.25) is 5.02 Å². The first-order valence-corrected chi connectivity index (χ1v) is 10.3. The molecule has 0 spiro atoms. The van der Waals surface area contributed by atoms with Crippen molar-refractivity contribution in [2.24, 2.45) is 0 Å². The van der Waals surface area contributed by atoms with Gasteiger partial charge in [-0.1, -0.05) is 11.6 Å². The van der Waals surface area contributed by atoms with Crippen LogP contribution in [0.5, 0.6) is 0 Å². The topological polar surface area (TPSA) is 127 Å². The van der Waals surface area contributed by atoms with Gasteiger partial charge in [0.2, 0.25) is 5.95 Å². The van der Waals surface area contributed by atoms with Crippen molar-refractivity contribution in [1.82, 2.24) is 24.9 Å². The number of nitrogens with zero attached hydrogens (tertiary/aromatic N) is 6. The van der Waals surface area contributed by atoms with E-state index < -0.39 is 0 Å². The number of anilines is 3. The highest BCUT2D eigenvalue weighted by Crippen LogP contribution is 2.31. The Hall–Kier alpha value is -3.40. The maximum Gasteiger partial charge on any atom is 0.247 e. The molecule has 1 fully saturated rings. The molecule has 1 saturated carbocycles. The van der Waals surface area contributed by atoms with E-state index in [1.807, 2.05) is 0 Å². The molecular weight excluding hydrogens is 414 g/mol. The number of imidazole rings is 1. The SMILES string of the molecule is CC(C)(C)NCc1cc(C#N)cc(Nc2nc(NC3CC3)c3ncc(C#N)n3n2)c1Cl. The molecular formula is C21H22ClN9. The number of hydrogen-bond donors (Lipinski definition) is 3. The molecule has 158 valence electrons. The number of benzene rings is 1. The number of hydrogen-bond acceptors (Lipinski definition) is 8. The van der Waals surface area contributed by atoms with Crippen molar-refractivity contribution in [3.63, 3.8) is 0 Å². The van der Waals surface area contributed by atoms with Gasteiger partial charge >= 0.3 is 0 Å². The van der Waals surface area contributed by atoms with Crippen LogP contribution < -0.4 is 16.0 Å². The summed E-state index contributed by atoms with van der Waals surface area (Å²) in [6.07, 6.45) is 3.58. The van der Waals surface area contributed by atoms with E-state index in [1.165, 1.54) is 10.7 Å².